The number of aliphatic hydroxyl groups excluding tert-OH is 1. The van der Waals surface area contributed by atoms with Gasteiger partial charge in [-0.05, 0) is 19.8 Å². The molecule has 4 nitrogen and oxygen atoms in total. The van der Waals surface area contributed by atoms with E-state index in [1.54, 1.807) is 11.8 Å². The highest BCUT2D eigenvalue weighted by Crippen LogP contribution is 2.16. The average molecular weight is 200 g/mol. The molecule has 1 heterocycles. The summed E-state index contributed by atoms with van der Waals surface area (Å²) in [6.45, 7) is 2.49. The molecular formula is C10H20N2O2. The van der Waals surface area contributed by atoms with Crippen molar-refractivity contribution in [1.82, 2.24) is 4.90 Å². The van der Waals surface area contributed by atoms with Crippen LogP contribution in [0.15, 0.2) is 0 Å². The van der Waals surface area contributed by atoms with Gasteiger partial charge >= 0.3 is 0 Å². The predicted molar refractivity (Wildman–Crippen MR) is 54.7 cm³/mol. The van der Waals surface area contributed by atoms with Crippen molar-refractivity contribution < 1.29 is 9.90 Å². The summed E-state index contributed by atoms with van der Waals surface area (Å²) >= 11 is 0. The summed E-state index contributed by atoms with van der Waals surface area (Å²) in [7, 11) is 0. The summed E-state index contributed by atoms with van der Waals surface area (Å²) in [5.74, 6) is -0.0362. The molecule has 0 radical (unpaired) electrons. The van der Waals surface area contributed by atoms with Crippen molar-refractivity contribution in [2.24, 2.45) is 5.73 Å². The molecule has 4 heteroatoms. The Morgan fingerprint density at radius 2 is 2.29 bits per heavy atom. The molecule has 1 saturated heterocycles. The first-order valence-corrected chi connectivity index (χ1v) is 5.33. The molecule has 0 aromatic heterocycles. The zero-order chi connectivity index (χ0) is 10.6. The minimum Gasteiger partial charge on any atom is -0.394 e. The normalized spacial score (nSPS) is 25.6. The molecule has 0 aliphatic carbocycles. The Kier molecular flexibility index (Phi) is 4.35. The average Bonchev–Trinajstić information content (AvgIpc) is 2.40. The van der Waals surface area contributed by atoms with Crippen molar-refractivity contribution in [3.8, 4) is 0 Å². The van der Waals surface area contributed by atoms with Gasteiger partial charge in [0.15, 0.2) is 0 Å². The van der Waals surface area contributed by atoms with E-state index in [1.807, 2.05) is 0 Å². The molecule has 2 unspecified atom stereocenters. The van der Waals surface area contributed by atoms with E-state index in [9.17, 15) is 9.90 Å². The Hall–Kier alpha value is -0.610. The maximum absolute atomic E-state index is 11.7. The number of hydrogen-bond acceptors (Lipinski definition) is 3. The third-order valence-corrected chi connectivity index (χ3v) is 2.76. The first-order chi connectivity index (χ1) is 6.66. The summed E-state index contributed by atoms with van der Waals surface area (Å²) < 4.78 is 0. The second-order valence-corrected chi connectivity index (χ2v) is 4.01. The fourth-order valence-electron chi connectivity index (χ4n) is 1.92. The smallest absolute Gasteiger partial charge is 0.239 e. The third-order valence-electron chi connectivity index (χ3n) is 2.76. The van der Waals surface area contributed by atoms with E-state index < -0.39 is 6.04 Å². The van der Waals surface area contributed by atoms with Gasteiger partial charge in [-0.15, -0.1) is 0 Å². The fourth-order valence-corrected chi connectivity index (χ4v) is 1.92. The molecule has 1 aliphatic rings. The number of hydrogen-bond donors (Lipinski definition) is 2. The van der Waals surface area contributed by atoms with Gasteiger partial charge in [-0.2, -0.15) is 0 Å². The van der Waals surface area contributed by atoms with E-state index in [1.165, 1.54) is 0 Å². The van der Waals surface area contributed by atoms with Crippen LogP contribution in [0.3, 0.4) is 0 Å². The second kappa shape index (κ2) is 5.32. The van der Waals surface area contributed by atoms with Crippen LogP contribution in [-0.4, -0.2) is 41.1 Å². The van der Waals surface area contributed by atoms with E-state index in [2.05, 4.69) is 0 Å². The maximum Gasteiger partial charge on any atom is 0.239 e. The predicted octanol–water partition coefficient (Wildman–Crippen LogP) is 0.0971. The molecule has 1 amide bonds. The standard InChI is InChI=1S/C10H20N2O2/c1-8(11)10(14)12-6-4-2-3-5-9(12)7-13/h8-9,13H,2-7,11H2,1H3. The van der Waals surface area contributed by atoms with Gasteiger partial charge < -0.3 is 15.7 Å². The molecule has 1 fully saturated rings. The van der Waals surface area contributed by atoms with Crippen molar-refractivity contribution in [2.45, 2.75) is 44.7 Å². The Morgan fingerprint density at radius 3 is 2.86 bits per heavy atom. The van der Waals surface area contributed by atoms with Crippen LogP contribution >= 0.6 is 0 Å². The van der Waals surface area contributed by atoms with E-state index >= 15 is 0 Å². The van der Waals surface area contributed by atoms with Gasteiger partial charge in [0.1, 0.15) is 0 Å². The van der Waals surface area contributed by atoms with Crippen LogP contribution in [0.25, 0.3) is 0 Å². The van der Waals surface area contributed by atoms with Gasteiger partial charge in [0, 0.05) is 6.54 Å². The lowest BCUT2D eigenvalue weighted by molar-refractivity contribution is -0.135. The molecule has 14 heavy (non-hydrogen) atoms. The van der Waals surface area contributed by atoms with Crippen LogP contribution in [0.4, 0.5) is 0 Å². The number of likely N-dealkylation sites (tertiary alicyclic amines) is 1. The van der Waals surface area contributed by atoms with Crippen molar-refractivity contribution in [3.63, 3.8) is 0 Å². The van der Waals surface area contributed by atoms with Crippen LogP contribution in [-0.2, 0) is 4.79 Å². The van der Waals surface area contributed by atoms with E-state index in [0.29, 0.717) is 0 Å². The minimum atomic E-state index is -0.456. The van der Waals surface area contributed by atoms with Crippen molar-refractivity contribution in [2.75, 3.05) is 13.2 Å². The summed E-state index contributed by atoms with van der Waals surface area (Å²) in [6.07, 6.45) is 4.15. The number of rotatable bonds is 2. The number of nitrogens with zero attached hydrogens (tertiary/aromatic N) is 1. The molecule has 0 aromatic carbocycles. The lowest BCUT2D eigenvalue weighted by Crippen LogP contribution is -2.48. The highest BCUT2D eigenvalue weighted by molar-refractivity contribution is 5.81. The summed E-state index contributed by atoms with van der Waals surface area (Å²) in [6, 6.07) is -0.474. The lowest BCUT2D eigenvalue weighted by Gasteiger charge is -2.30. The summed E-state index contributed by atoms with van der Waals surface area (Å²) in [5, 5.41) is 9.18. The molecular weight excluding hydrogens is 180 g/mol. The van der Waals surface area contributed by atoms with Crippen LogP contribution in [0.5, 0.6) is 0 Å². The zero-order valence-electron chi connectivity index (χ0n) is 8.78. The summed E-state index contributed by atoms with van der Waals surface area (Å²) in [4.78, 5) is 13.5. The Balaban J connectivity index is 2.65. The molecule has 2 atom stereocenters. The molecule has 1 aliphatic heterocycles. The van der Waals surface area contributed by atoms with Gasteiger partial charge in [0.25, 0.3) is 0 Å². The molecule has 1 rings (SSSR count). The van der Waals surface area contributed by atoms with Gasteiger partial charge in [0.05, 0.1) is 18.7 Å². The Labute approximate surface area is 85.1 Å². The number of carbonyl (C=O) groups is 1. The quantitative estimate of drug-likeness (QED) is 0.664. The van der Waals surface area contributed by atoms with E-state index in [-0.39, 0.29) is 18.6 Å². The van der Waals surface area contributed by atoms with Crippen molar-refractivity contribution >= 4 is 5.91 Å². The van der Waals surface area contributed by atoms with Crippen molar-refractivity contribution in [3.05, 3.63) is 0 Å². The molecule has 82 valence electrons. The van der Waals surface area contributed by atoms with Gasteiger partial charge in [-0.25, -0.2) is 0 Å². The summed E-state index contributed by atoms with van der Waals surface area (Å²) in [5.41, 5.74) is 5.56. The Bertz CT molecular complexity index is 195. The highest BCUT2D eigenvalue weighted by Gasteiger charge is 2.26. The van der Waals surface area contributed by atoms with Crippen LogP contribution < -0.4 is 5.73 Å². The molecule has 3 N–H and O–H groups in total. The second-order valence-electron chi connectivity index (χ2n) is 4.01. The van der Waals surface area contributed by atoms with Crippen molar-refractivity contribution in [1.29, 1.82) is 0 Å². The van der Waals surface area contributed by atoms with E-state index in [4.69, 9.17) is 5.73 Å². The SMILES string of the molecule is CC(N)C(=O)N1CCCCCC1CO. The van der Waals surface area contributed by atoms with Gasteiger partial charge in [-0.1, -0.05) is 12.8 Å². The fraction of sp³-hybridized carbons (Fsp3) is 0.900. The monoisotopic (exact) mass is 200 g/mol. The lowest BCUT2D eigenvalue weighted by atomic mass is 10.1. The molecule has 0 bridgehead atoms. The largest absolute Gasteiger partial charge is 0.394 e. The van der Waals surface area contributed by atoms with Gasteiger partial charge in [-0.3, -0.25) is 4.79 Å². The van der Waals surface area contributed by atoms with E-state index in [0.717, 1.165) is 32.2 Å². The maximum atomic E-state index is 11.7. The van der Waals surface area contributed by atoms with Gasteiger partial charge in [0.2, 0.25) is 5.91 Å². The first kappa shape index (κ1) is 11.5. The zero-order valence-corrected chi connectivity index (χ0v) is 8.78. The van der Waals surface area contributed by atoms with Crippen LogP contribution in [0.2, 0.25) is 0 Å². The highest BCUT2D eigenvalue weighted by atomic mass is 16.3. The molecule has 0 spiro atoms. The number of amides is 1. The number of aliphatic hydroxyl groups is 1. The molecule has 0 aromatic rings. The topological polar surface area (TPSA) is 66.6 Å². The van der Waals surface area contributed by atoms with Crippen LogP contribution in [0, 0.1) is 0 Å². The minimum absolute atomic E-state index is 0.0176. The Morgan fingerprint density at radius 1 is 1.57 bits per heavy atom. The molecule has 0 saturated carbocycles. The number of carbonyl (C=O) groups excluding carboxylic acids is 1. The third kappa shape index (κ3) is 2.69. The number of nitrogens with two attached hydrogens (primary N) is 1. The first-order valence-electron chi connectivity index (χ1n) is 5.33. The van der Waals surface area contributed by atoms with Crippen LogP contribution in [0.1, 0.15) is 32.6 Å².